The highest BCUT2D eigenvalue weighted by atomic mass is 35.5. The van der Waals surface area contributed by atoms with Crippen LogP contribution in [0.25, 0.3) is 22.6 Å². The van der Waals surface area contributed by atoms with Crippen molar-refractivity contribution < 1.29 is 19.1 Å². The van der Waals surface area contributed by atoms with Gasteiger partial charge in [-0.15, -0.1) is 0 Å². The zero-order valence-electron chi connectivity index (χ0n) is 19.7. The van der Waals surface area contributed by atoms with Crippen molar-refractivity contribution in [3.8, 4) is 0 Å². The smallest absolute Gasteiger partial charge is 0.339 e. The minimum absolute atomic E-state index is 0.326. The Bertz CT molecular complexity index is 1560. The minimum Gasteiger partial charge on any atom is -0.452 e. The number of nitrogens with one attached hydrogen (secondary N) is 1. The molecule has 7 nitrogen and oxygen atoms in total. The van der Waals surface area contributed by atoms with Crippen LogP contribution in [0.5, 0.6) is 0 Å². The average Bonchev–Trinajstić information content (AvgIpc) is 3.29. The second kappa shape index (κ2) is 10.2. The monoisotopic (exact) mass is 511 g/mol. The molecule has 0 fully saturated rings. The van der Waals surface area contributed by atoms with Crippen LogP contribution in [-0.2, 0) is 16.0 Å². The average molecular weight is 512 g/mol. The third kappa shape index (κ3) is 5.22. The molecule has 0 bridgehead atoms. The maximum atomic E-state index is 13.3. The summed E-state index contributed by atoms with van der Waals surface area (Å²) < 4.78 is 5.44. The van der Waals surface area contributed by atoms with Gasteiger partial charge in [-0.1, -0.05) is 41.9 Å². The van der Waals surface area contributed by atoms with E-state index in [1.807, 2.05) is 48.5 Å². The third-order valence-electron chi connectivity index (χ3n) is 6.14. The summed E-state index contributed by atoms with van der Waals surface area (Å²) in [5, 5.41) is 3.99. The van der Waals surface area contributed by atoms with Gasteiger partial charge in [0.15, 0.2) is 6.61 Å². The molecule has 1 heterocycles. The molecule has 2 amide bonds. The molecular formula is C29H22ClN3O4. The highest BCUT2D eigenvalue weighted by Crippen LogP contribution is 2.37. The normalized spacial score (nSPS) is 13.4. The molecule has 0 atom stereocenters. The molecule has 5 rings (SSSR count). The van der Waals surface area contributed by atoms with Crippen LogP contribution in [0.2, 0.25) is 5.02 Å². The van der Waals surface area contributed by atoms with Gasteiger partial charge in [0, 0.05) is 21.7 Å². The highest BCUT2D eigenvalue weighted by Gasteiger charge is 2.28. The maximum absolute atomic E-state index is 13.3. The van der Waals surface area contributed by atoms with Crippen molar-refractivity contribution in [3.63, 3.8) is 0 Å². The molecule has 1 aliphatic carbocycles. The van der Waals surface area contributed by atoms with Crippen LogP contribution in [0.4, 0.5) is 5.69 Å². The van der Waals surface area contributed by atoms with E-state index in [0.717, 1.165) is 28.8 Å². The van der Waals surface area contributed by atoms with Crippen LogP contribution < -0.4 is 11.1 Å². The summed E-state index contributed by atoms with van der Waals surface area (Å²) in [4.78, 5) is 41.8. The molecule has 3 N–H and O–H groups in total. The number of benzene rings is 3. The molecule has 0 saturated carbocycles. The van der Waals surface area contributed by atoms with Gasteiger partial charge in [0.05, 0.1) is 16.8 Å². The first kappa shape index (κ1) is 24.2. The molecule has 37 heavy (non-hydrogen) atoms. The molecule has 0 aliphatic heterocycles. The first-order chi connectivity index (χ1) is 17.9. The van der Waals surface area contributed by atoms with E-state index in [0.29, 0.717) is 39.2 Å². The second-order valence-electron chi connectivity index (χ2n) is 8.62. The second-order valence-corrected chi connectivity index (χ2v) is 9.05. The number of rotatable bonds is 6. The number of pyridine rings is 1. The van der Waals surface area contributed by atoms with Gasteiger partial charge in [-0.2, -0.15) is 0 Å². The Balaban J connectivity index is 1.39. The van der Waals surface area contributed by atoms with Gasteiger partial charge in [-0.05, 0) is 78.1 Å². The molecular weight excluding hydrogens is 490 g/mol. The van der Waals surface area contributed by atoms with Gasteiger partial charge < -0.3 is 15.8 Å². The third-order valence-corrected chi connectivity index (χ3v) is 6.40. The Morgan fingerprint density at radius 3 is 2.43 bits per heavy atom. The number of allylic oxidation sites excluding steroid dienone is 1. The molecule has 0 saturated heterocycles. The van der Waals surface area contributed by atoms with Gasteiger partial charge in [0.25, 0.3) is 5.91 Å². The summed E-state index contributed by atoms with van der Waals surface area (Å²) in [6, 6.07) is 21.0. The molecule has 0 radical (unpaired) electrons. The summed E-state index contributed by atoms with van der Waals surface area (Å²) >= 11 is 6.02. The van der Waals surface area contributed by atoms with Crippen molar-refractivity contribution in [2.45, 2.75) is 12.8 Å². The lowest BCUT2D eigenvalue weighted by molar-refractivity contribution is -0.119. The number of nitrogens with zero attached hydrogens (tertiary/aromatic N) is 1. The number of hydrogen-bond acceptors (Lipinski definition) is 5. The Morgan fingerprint density at radius 2 is 1.70 bits per heavy atom. The van der Waals surface area contributed by atoms with Crippen molar-refractivity contribution in [1.82, 2.24) is 4.98 Å². The predicted octanol–water partition coefficient (Wildman–Crippen LogP) is 5.27. The van der Waals surface area contributed by atoms with E-state index in [2.05, 4.69) is 11.4 Å². The molecule has 8 heteroatoms. The van der Waals surface area contributed by atoms with E-state index in [1.165, 1.54) is 12.1 Å². The van der Waals surface area contributed by atoms with Crippen LogP contribution >= 0.6 is 11.6 Å². The number of ether oxygens (including phenoxy) is 1. The first-order valence-corrected chi connectivity index (χ1v) is 12.0. The van der Waals surface area contributed by atoms with Crippen LogP contribution in [-0.4, -0.2) is 29.4 Å². The number of carbonyl (C=O) groups is 3. The summed E-state index contributed by atoms with van der Waals surface area (Å²) in [6.07, 6.45) is 3.41. The van der Waals surface area contributed by atoms with Crippen molar-refractivity contribution in [2.75, 3.05) is 11.9 Å². The van der Waals surface area contributed by atoms with Gasteiger partial charge in [-0.25, -0.2) is 9.78 Å². The van der Waals surface area contributed by atoms with Crippen LogP contribution in [0.1, 0.15) is 44.0 Å². The number of primary amides is 1. The highest BCUT2D eigenvalue weighted by molar-refractivity contribution is 6.30. The fourth-order valence-electron chi connectivity index (χ4n) is 4.39. The molecule has 1 aliphatic rings. The summed E-state index contributed by atoms with van der Waals surface area (Å²) in [5.41, 5.74) is 10.7. The molecule has 0 unspecified atom stereocenters. The lowest BCUT2D eigenvalue weighted by atomic mass is 10.0. The topological polar surface area (TPSA) is 111 Å². The summed E-state index contributed by atoms with van der Waals surface area (Å²) in [6.45, 7) is -0.463. The summed E-state index contributed by atoms with van der Waals surface area (Å²) in [5.74, 6) is -1.64. The van der Waals surface area contributed by atoms with Gasteiger partial charge >= 0.3 is 5.97 Å². The SMILES string of the molecule is NC(=O)c1ccc(NC(=O)COC(=O)c2c3c(nc4ccccc24)/C(=C\c2ccc(Cl)cc2)CC3)cc1. The number of halogens is 1. The van der Waals surface area contributed by atoms with Crippen molar-refractivity contribution in [2.24, 2.45) is 5.73 Å². The predicted molar refractivity (Wildman–Crippen MR) is 143 cm³/mol. The molecule has 3 aromatic carbocycles. The Labute approximate surface area is 217 Å². The van der Waals surface area contributed by atoms with Crippen molar-refractivity contribution >= 4 is 57.6 Å². The number of hydrogen-bond donors (Lipinski definition) is 2. The molecule has 184 valence electrons. The molecule has 0 spiro atoms. The molecule has 4 aromatic rings. The number of fused-ring (bicyclic) bond motifs is 2. The first-order valence-electron chi connectivity index (χ1n) is 11.6. The maximum Gasteiger partial charge on any atom is 0.339 e. The number of anilines is 1. The number of nitrogens with two attached hydrogens (primary N) is 1. The largest absolute Gasteiger partial charge is 0.452 e. The van der Waals surface area contributed by atoms with Gasteiger partial charge in [0.1, 0.15) is 0 Å². The summed E-state index contributed by atoms with van der Waals surface area (Å²) in [7, 11) is 0. The van der Waals surface area contributed by atoms with Crippen molar-refractivity contribution in [1.29, 1.82) is 0 Å². The van der Waals surface area contributed by atoms with Crippen LogP contribution in [0, 0.1) is 0 Å². The number of amides is 2. The number of esters is 1. The lowest BCUT2D eigenvalue weighted by Crippen LogP contribution is -2.22. The standard InChI is InChI=1S/C29H22ClN3O4/c30-20-10-5-17(6-11-20)15-19-9-14-23-26(22-3-1-2-4-24(22)33-27(19)23)29(36)37-16-25(34)32-21-12-7-18(8-13-21)28(31)35/h1-8,10-13,15H,9,14,16H2,(H2,31,35)(H,32,34)/b19-15-. The van der Waals surface area contributed by atoms with Crippen LogP contribution in [0.15, 0.2) is 72.8 Å². The van der Waals surface area contributed by atoms with Gasteiger partial charge in [-0.3, -0.25) is 9.59 Å². The minimum atomic E-state index is -0.582. The fourth-order valence-corrected chi connectivity index (χ4v) is 4.52. The van der Waals surface area contributed by atoms with Crippen molar-refractivity contribution in [3.05, 3.63) is 106 Å². The Morgan fingerprint density at radius 1 is 0.973 bits per heavy atom. The number of carbonyl (C=O) groups excluding carboxylic acids is 3. The van der Waals surface area contributed by atoms with E-state index >= 15 is 0 Å². The van der Waals surface area contributed by atoms with Gasteiger partial charge in [0.2, 0.25) is 5.91 Å². The van der Waals surface area contributed by atoms with E-state index in [-0.39, 0.29) is 0 Å². The lowest BCUT2D eigenvalue weighted by Gasteiger charge is -2.12. The van der Waals surface area contributed by atoms with Crippen LogP contribution in [0.3, 0.4) is 0 Å². The number of aromatic nitrogens is 1. The quantitative estimate of drug-likeness (QED) is 0.342. The Hall–Kier alpha value is -4.49. The number of para-hydroxylation sites is 1. The fraction of sp³-hybridized carbons (Fsp3) is 0.103. The van der Waals surface area contributed by atoms with E-state index in [4.69, 9.17) is 27.1 Å². The Kier molecular flexibility index (Phi) is 6.70. The van der Waals surface area contributed by atoms with E-state index in [1.54, 1.807) is 12.1 Å². The zero-order valence-corrected chi connectivity index (χ0v) is 20.4. The van der Waals surface area contributed by atoms with E-state index < -0.39 is 24.4 Å². The van der Waals surface area contributed by atoms with E-state index in [9.17, 15) is 14.4 Å². The molecule has 1 aromatic heterocycles. The zero-order chi connectivity index (χ0) is 25.9.